The van der Waals surface area contributed by atoms with E-state index in [0.717, 1.165) is 18.4 Å². The summed E-state index contributed by atoms with van der Waals surface area (Å²) in [6.07, 6.45) is 2.33. The van der Waals surface area contributed by atoms with E-state index < -0.39 is 6.04 Å². The van der Waals surface area contributed by atoms with Gasteiger partial charge in [-0.3, -0.25) is 4.79 Å². The number of aromatic nitrogens is 4. The third-order valence-electron chi connectivity index (χ3n) is 3.43. The standard InChI is InChI=1S/C15H21ClN6O/c1-2-13(15(23)18-10-4-3-9-17)22-20-14(19-21-22)11-5-7-12(16)8-6-11/h5-8,13H,2-4,9-10,17H2,1H3,(H,18,23). The van der Waals surface area contributed by atoms with Crippen LogP contribution in [0.15, 0.2) is 24.3 Å². The lowest BCUT2D eigenvalue weighted by Gasteiger charge is -2.13. The number of unbranched alkanes of at least 4 members (excludes halogenated alkanes) is 1. The van der Waals surface area contributed by atoms with Gasteiger partial charge in [0.25, 0.3) is 0 Å². The summed E-state index contributed by atoms with van der Waals surface area (Å²) in [5, 5.41) is 15.9. The number of carbonyl (C=O) groups excluding carboxylic acids is 1. The van der Waals surface area contributed by atoms with Crippen LogP contribution in [0.5, 0.6) is 0 Å². The molecule has 0 radical (unpaired) electrons. The molecule has 2 aromatic rings. The quantitative estimate of drug-likeness (QED) is 0.716. The second kappa shape index (κ2) is 8.59. The molecule has 0 saturated heterocycles. The summed E-state index contributed by atoms with van der Waals surface area (Å²) >= 11 is 5.87. The maximum absolute atomic E-state index is 12.2. The molecule has 1 unspecified atom stereocenters. The zero-order valence-electron chi connectivity index (χ0n) is 13.1. The number of rotatable bonds is 8. The van der Waals surface area contributed by atoms with Gasteiger partial charge in [-0.2, -0.15) is 4.80 Å². The van der Waals surface area contributed by atoms with E-state index in [1.807, 2.05) is 19.1 Å². The SMILES string of the molecule is CCC(C(=O)NCCCCN)n1nnc(-c2ccc(Cl)cc2)n1. The van der Waals surface area contributed by atoms with Gasteiger partial charge in [0.05, 0.1) is 0 Å². The maximum Gasteiger partial charge on any atom is 0.246 e. The van der Waals surface area contributed by atoms with Gasteiger partial charge in [0, 0.05) is 17.1 Å². The summed E-state index contributed by atoms with van der Waals surface area (Å²) < 4.78 is 0. The lowest BCUT2D eigenvalue weighted by Crippen LogP contribution is -2.34. The average molecular weight is 337 g/mol. The number of carbonyl (C=O) groups is 1. The van der Waals surface area contributed by atoms with E-state index in [-0.39, 0.29) is 5.91 Å². The fourth-order valence-corrected chi connectivity index (χ4v) is 2.25. The Hall–Kier alpha value is -1.99. The third kappa shape index (κ3) is 4.74. The number of hydrogen-bond acceptors (Lipinski definition) is 5. The molecule has 1 aromatic carbocycles. The molecular weight excluding hydrogens is 316 g/mol. The smallest absolute Gasteiger partial charge is 0.246 e. The number of nitrogens with one attached hydrogen (secondary N) is 1. The number of benzene rings is 1. The van der Waals surface area contributed by atoms with Gasteiger partial charge in [-0.05, 0) is 55.3 Å². The third-order valence-corrected chi connectivity index (χ3v) is 3.68. The molecule has 0 aliphatic rings. The molecule has 1 aromatic heterocycles. The molecule has 3 N–H and O–H groups in total. The minimum Gasteiger partial charge on any atom is -0.354 e. The predicted octanol–water partition coefficient (Wildman–Crippen LogP) is 1.80. The van der Waals surface area contributed by atoms with Crippen molar-refractivity contribution in [1.29, 1.82) is 0 Å². The second-order valence-electron chi connectivity index (χ2n) is 5.15. The Morgan fingerprint density at radius 2 is 2.09 bits per heavy atom. The van der Waals surface area contributed by atoms with Gasteiger partial charge < -0.3 is 11.1 Å². The molecule has 1 atom stereocenters. The minimum atomic E-state index is -0.471. The van der Waals surface area contributed by atoms with E-state index in [0.29, 0.717) is 30.4 Å². The zero-order valence-corrected chi connectivity index (χ0v) is 13.8. The van der Waals surface area contributed by atoms with Gasteiger partial charge in [0.1, 0.15) is 0 Å². The second-order valence-corrected chi connectivity index (χ2v) is 5.59. The highest BCUT2D eigenvalue weighted by molar-refractivity contribution is 6.30. The van der Waals surface area contributed by atoms with Gasteiger partial charge >= 0.3 is 0 Å². The van der Waals surface area contributed by atoms with Crippen molar-refractivity contribution in [3.05, 3.63) is 29.3 Å². The summed E-state index contributed by atoms with van der Waals surface area (Å²) in [4.78, 5) is 13.6. The van der Waals surface area contributed by atoms with Crippen LogP contribution in [0.2, 0.25) is 5.02 Å². The Balaban J connectivity index is 2.04. The van der Waals surface area contributed by atoms with E-state index in [1.165, 1.54) is 4.80 Å². The van der Waals surface area contributed by atoms with Crippen LogP contribution < -0.4 is 11.1 Å². The molecule has 7 nitrogen and oxygen atoms in total. The van der Waals surface area contributed by atoms with Crippen LogP contribution in [-0.2, 0) is 4.79 Å². The zero-order chi connectivity index (χ0) is 16.7. The first-order chi connectivity index (χ1) is 11.2. The summed E-state index contributed by atoms with van der Waals surface area (Å²) in [6, 6.07) is 6.69. The molecule has 0 spiro atoms. The van der Waals surface area contributed by atoms with Crippen LogP contribution in [-0.4, -0.2) is 39.2 Å². The summed E-state index contributed by atoms with van der Waals surface area (Å²) in [5.74, 6) is 0.362. The van der Waals surface area contributed by atoms with Crippen LogP contribution in [0.4, 0.5) is 0 Å². The largest absolute Gasteiger partial charge is 0.354 e. The molecular formula is C15H21ClN6O. The van der Waals surface area contributed by atoms with E-state index in [4.69, 9.17) is 17.3 Å². The maximum atomic E-state index is 12.2. The fourth-order valence-electron chi connectivity index (χ4n) is 2.12. The lowest BCUT2D eigenvalue weighted by molar-refractivity contribution is -0.125. The van der Waals surface area contributed by atoms with Crippen molar-refractivity contribution < 1.29 is 4.79 Å². The number of tetrazole rings is 1. The highest BCUT2D eigenvalue weighted by atomic mass is 35.5. The molecule has 124 valence electrons. The van der Waals surface area contributed by atoms with Crippen molar-refractivity contribution in [3.63, 3.8) is 0 Å². The van der Waals surface area contributed by atoms with Gasteiger partial charge in [-0.25, -0.2) is 0 Å². The van der Waals surface area contributed by atoms with Crippen molar-refractivity contribution in [2.24, 2.45) is 5.73 Å². The van der Waals surface area contributed by atoms with Crippen LogP contribution in [0.25, 0.3) is 11.4 Å². The van der Waals surface area contributed by atoms with Crippen LogP contribution in [0.3, 0.4) is 0 Å². The molecule has 2 rings (SSSR count). The monoisotopic (exact) mass is 336 g/mol. The average Bonchev–Trinajstić information content (AvgIpc) is 3.02. The number of amides is 1. The number of hydrogen-bond donors (Lipinski definition) is 2. The Bertz CT molecular complexity index is 627. The number of halogens is 1. The normalized spacial score (nSPS) is 12.1. The molecule has 8 heteroatoms. The van der Waals surface area contributed by atoms with Crippen molar-refractivity contribution in [3.8, 4) is 11.4 Å². The Morgan fingerprint density at radius 1 is 1.35 bits per heavy atom. The number of nitrogens with two attached hydrogens (primary N) is 1. The molecule has 0 fully saturated rings. The van der Waals surface area contributed by atoms with E-state index >= 15 is 0 Å². The number of nitrogens with zero attached hydrogens (tertiary/aromatic N) is 4. The summed E-state index contributed by atoms with van der Waals surface area (Å²) in [6.45, 7) is 3.14. The van der Waals surface area contributed by atoms with Gasteiger partial charge in [-0.15, -0.1) is 10.2 Å². The first-order valence-corrected chi connectivity index (χ1v) is 8.06. The predicted molar refractivity (Wildman–Crippen MR) is 88.9 cm³/mol. The highest BCUT2D eigenvalue weighted by Gasteiger charge is 2.21. The molecule has 23 heavy (non-hydrogen) atoms. The van der Waals surface area contributed by atoms with Gasteiger partial charge in [0.15, 0.2) is 6.04 Å². The van der Waals surface area contributed by atoms with Crippen molar-refractivity contribution >= 4 is 17.5 Å². The molecule has 1 heterocycles. The van der Waals surface area contributed by atoms with Crippen molar-refractivity contribution in [1.82, 2.24) is 25.5 Å². The molecule has 0 bridgehead atoms. The summed E-state index contributed by atoms with van der Waals surface area (Å²) in [7, 11) is 0. The molecule has 0 aliphatic carbocycles. The van der Waals surface area contributed by atoms with Gasteiger partial charge in [-0.1, -0.05) is 18.5 Å². The molecule has 0 aliphatic heterocycles. The van der Waals surface area contributed by atoms with Crippen molar-refractivity contribution in [2.45, 2.75) is 32.2 Å². The highest BCUT2D eigenvalue weighted by Crippen LogP contribution is 2.18. The van der Waals surface area contributed by atoms with E-state index in [9.17, 15) is 4.79 Å². The minimum absolute atomic E-state index is 0.107. The van der Waals surface area contributed by atoms with Crippen LogP contribution in [0, 0.1) is 0 Å². The lowest BCUT2D eigenvalue weighted by atomic mass is 10.2. The topological polar surface area (TPSA) is 98.7 Å². The Kier molecular flexibility index (Phi) is 6.49. The first-order valence-electron chi connectivity index (χ1n) is 7.69. The Labute approximate surface area is 140 Å². The molecule has 1 amide bonds. The fraction of sp³-hybridized carbons (Fsp3) is 0.467. The van der Waals surface area contributed by atoms with Crippen molar-refractivity contribution in [2.75, 3.05) is 13.1 Å². The Morgan fingerprint density at radius 3 is 2.74 bits per heavy atom. The van der Waals surface area contributed by atoms with E-state index in [1.54, 1.807) is 12.1 Å². The van der Waals surface area contributed by atoms with E-state index in [2.05, 4.69) is 20.7 Å². The van der Waals surface area contributed by atoms with Gasteiger partial charge in [0.2, 0.25) is 11.7 Å². The van der Waals surface area contributed by atoms with Crippen LogP contribution >= 0.6 is 11.6 Å². The summed E-state index contributed by atoms with van der Waals surface area (Å²) in [5.41, 5.74) is 6.24. The van der Waals surface area contributed by atoms with Crippen LogP contribution in [0.1, 0.15) is 32.2 Å². The molecule has 0 saturated carbocycles. The first kappa shape index (κ1) is 17.4.